The zero-order valence-corrected chi connectivity index (χ0v) is 10.5. The van der Waals surface area contributed by atoms with Gasteiger partial charge in [0.25, 0.3) is 5.97 Å². The Labute approximate surface area is 102 Å². The van der Waals surface area contributed by atoms with Crippen molar-refractivity contribution in [3.63, 3.8) is 0 Å². The quantitative estimate of drug-likeness (QED) is 0.690. The maximum absolute atomic E-state index is 11.6. The Hall–Kier alpha value is -1.30. The van der Waals surface area contributed by atoms with Gasteiger partial charge >= 0.3 is 6.03 Å². The number of aliphatic carboxylic acids is 1. The molecule has 0 radical (unpaired) electrons. The van der Waals surface area contributed by atoms with Gasteiger partial charge in [0.15, 0.2) is 0 Å². The van der Waals surface area contributed by atoms with Crippen molar-refractivity contribution in [2.75, 3.05) is 33.2 Å². The predicted octanol–water partition coefficient (Wildman–Crippen LogP) is 0.197. The highest BCUT2D eigenvalue weighted by molar-refractivity contribution is 5.76. The molecule has 2 heterocycles. The second-order valence-electron chi connectivity index (χ2n) is 4.40. The molecule has 0 aromatic carbocycles. The van der Waals surface area contributed by atoms with E-state index in [1.807, 2.05) is 16.8 Å². The number of carboxylic acids is 1. The lowest BCUT2D eigenvalue weighted by Crippen LogP contribution is -2.44. The number of nitrogens with zero attached hydrogens (tertiary/aromatic N) is 2. The van der Waals surface area contributed by atoms with Crippen LogP contribution in [0.4, 0.5) is 4.79 Å². The van der Waals surface area contributed by atoms with Gasteiger partial charge < -0.3 is 20.2 Å². The number of carbonyl (C=O) groups excluding carboxylic acids is 1. The summed E-state index contributed by atoms with van der Waals surface area (Å²) in [6.07, 6.45) is 2.22. The molecule has 2 amide bonds. The minimum absolute atomic E-state index is 0.215. The van der Waals surface area contributed by atoms with E-state index in [0.717, 1.165) is 45.9 Å². The zero-order chi connectivity index (χ0) is 12.8. The third-order valence-corrected chi connectivity index (χ3v) is 3.00. The van der Waals surface area contributed by atoms with Crippen LogP contribution in [0.2, 0.25) is 0 Å². The molecule has 2 aliphatic heterocycles. The van der Waals surface area contributed by atoms with Crippen LogP contribution in [0.15, 0.2) is 0 Å². The van der Waals surface area contributed by atoms with E-state index in [1.165, 1.54) is 0 Å². The first kappa shape index (κ1) is 13.8. The largest absolute Gasteiger partial charge is 0.481 e. The number of hydrogen-bond donors (Lipinski definition) is 2. The molecular formula is C11H21N3O3. The highest BCUT2D eigenvalue weighted by Gasteiger charge is 2.31. The van der Waals surface area contributed by atoms with Gasteiger partial charge in [0.2, 0.25) is 0 Å². The molecule has 2 N–H and O–H groups in total. The molecule has 0 aromatic rings. The Morgan fingerprint density at radius 2 is 1.88 bits per heavy atom. The number of amides is 2. The van der Waals surface area contributed by atoms with E-state index in [9.17, 15) is 4.79 Å². The number of rotatable bonds is 1. The van der Waals surface area contributed by atoms with Crippen LogP contribution in [0.5, 0.6) is 0 Å². The second kappa shape index (κ2) is 6.44. The Bertz CT molecular complexity index is 273. The molecule has 98 valence electrons. The molecular weight excluding hydrogens is 222 g/mol. The Morgan fingerprint density at radius 3 is 2.29 bits per heavy atom. The van der Waals surface area contributed by atoms with Crippen molar-refractivity contribution >= 4 is 12.0 Å². The number of piperidine rings is 1. The summed E-state index contributed by atoms with van der Waals surface area (Å²) >= 11 is 0. The standard InChI is InChI=1S/C9H17N3O.C2H4O2/c1-11-6-7-12(9(11)13)8-2-4-10-5-3-8;1-2(3)4/h8,10H,2-7H2,1H3;1H3,(H,3,4). The van der Waals surface area contributed by atoms with Crippen molar-refractivity contribution in [2.24, 2.45) is 0 Å². The van der Waals surface area contributed by atoms with Crippen molar-refractivity contribution in [3.8, 4) is 0 Å². The summed E-state index contributed by atoms with van der Waals surface area (Å²) in [5, 5.41) is 10.7. The summed E-state index contributed by atoms with van der Waals surface area (Å²) in [5.41, 5.74) is 0. The summed E-state index contributed by atoms with van der Waals surface area (Å²) in [6, 6.07) is 0.700. The molecule has 0 saturated carbocycles. The smallest absolute Gasteiger partial charge is 0.320 e. The number of urea groups is 1. The van der Waals surface area contributed by atoms with Crippen LogP contribution in [-0.2, 0) is 4.79 Å². The van der Waals surface area contributed by atoms with Gasteiger partial charge in [-0.2, -0.15) is 0 Å². The van der Waals surface area contributed by atoms with Gasteiger partial charge in [-0.3, -0.25) is 4.79 Å². The van der Waals surface area contributed by atoms with Crippen LogP contribution in [0, 0.1) is 0 Å². The predicted molar refractivity (Wildman–Crippen MR) is 63.9 cm³/mol. The van der Waals surface area contributed by atoms with Crippen LogP contribution in [0.1, 0.15) is 19.8 Å². The van der Waals surface area contributed by atoms with Gasteiger partial charge in [-0.15, -0.1) is 0 Å². The van der Waals surface area contributed by atoms with E-state index in [-0.39, 0.29) is 6.03 Å². The fourth-order valence-electron chi connectivity index (χ4n) is 2.13. The van der Waals surface area contributed by atoms with E-state index in [1.54, 1.807) is 0 Å². The fourth-order valence-corrected chi connectivity index (χ4v) is 2.13. The molecule has 2 fully saturated rings. The van der Waals surface area contributed by atoms with Gasteiger partial charge in [-0.25, -0.2) is 4.79 Å². The van der Waals surface area contributed by atoms with Crippen molar-refractivity contribution in [1.82, 2.24) is 15.1 Å². The Morgan fingerprint density at radius 1 is 1.35 bits per heavy atom. The summed E-state index contributed by atoms with van der Waals surface area (Å²) in [6.45, 7) is 5.00. The van der Waals surface area contributed by atoms with Crippen molar-refractivity contribution in [2.45, 2.75) is 25.8 Å². The van der Waals surface area contributed by atoms with E-state index in [2.05, 4.69) is 5.32 Å². The minimum atomic E-state index is -0.833. The molecule has 0 atom stereocenters. The van der Waals surface area contributed by atoms with E-state index in [4.69, 9.17) is 9.90 Å². The maximum Gasteiger partial charge on any atom is 0.320 e. The molecule has 0 aliphatic carbocycles. The molecule has 2 rings (SSSR count). The number of hydrogen-bond acceptors (Lipinski definition) is 3. The topological polar surface area (TPSA) is 72.9 Å². The lowest BCUT2D eigenvalue weighted by atomic mass is 10.1. The Balaban J connectivity index is 0.000000317. The second-order valence-corrected chi connectivity index (χ2v) is 4.40. The molecule has 0 unspecified atom stereocenters. The normalized spacial score (nSPS) is 21.2. The van der Waals surface area contributed by atoms with Gasteiger partial charge in [-0.1, -0.05) is 0 Å². The Kier molecular flexibility index (Phi) is 5.21. The van der Waals surface area contributed by atoms with E-state index >= 15 is 0 Å². The zero-order valence-electron chi connectivity index (χ0n) is 10.5. The van der Waals surface area contributed by atoms with Crippen LogP contribution in [-0.4, -0.2) is 66.2 Å². The number of carboxylic acid groups (broad SMARTS) is 1. The van der Waals surface area contributed by atoms with Crippen molar-refractivity contribution in [3.05, 3.63) is 0 Å². The van der Waals surface area contributed by atoms with Crippen molar-refractivity contribution in [1.29, 1.82) is 0 Å². The van der Waals surface area contributed by atoms with Gasteiger partial charge in [-0.05, 0) is 25.9 Å². The first-order valence-corrected chi connectivity index (χ1v) is 5.94. The van der Waals surface area contributed by atoms with Crippen LogP contribution in [0.25, 0.3) is 0 Å². The van der Waals surface area contributed by atoms with Gasteiger partial charge in [0.05, 0.1) is 0 Å². The van der Waals surface area contributed by atoms with E-state index in [0.29, 0.717) is 6.04 Å². The summed E-state index contributed by atoms with van der Waals surface area (Å²) in [5.74, 6) is -0.833. The lowest BCUT2D eigenvalue weighted by Gasteiger charge is -2.30. The molecule has 0 bridgehead atoms. The molecule has 6 nitrogen and oxygen atoms in total. The number of carbonyl (C=O) groups is 2. The highest BCUT2D eigenvalue weighted by atomic mass is 16.4. The van der Waals surface area contributed by atoms with Gasteiger partial charge in [0, 0.05) is 33.1 Å². The number of likely N-dealkylation sites (N-methyl/N-ethyl adjacent to an activating group) is 1. The SMILES string of the molecule is CC(=O)O.CN1CCN(C2CCNCC2)C1=O. The van der Waals surface area contributed by atoms with E-state index < -0.39 is 5.97 Å². The third-order valence-electron chi connectivity index (χ3n) is 3.00. The molecule has 6 heteroatoms. The van der Waals surface area contributed by atoms with Gasteiger partial charge in [0.1, 0.15) is 0 Å². The van der Waals surface area contributed by atoms with Crippen LogP contribution >= 0.6 is 0 Å². The molecule has 0 aromatic heterocycles. The number of nitrogens with one attached hydrogen (secondary N) is 1. The molecule has 17 heavy (non-hydrogen) atoms. The monoisotopic (exact) mass is 243 g/mol. The fraction of sp³-hybridized carbons (Fsp3) is 0.818. The third kappa shape index (κ3) is 4.22. The van der Waals surface area contributed by atoms with Crippen molar-refractivity contribution < 1.29 is 14.7 Å². The summed E-state index contributed by atoms with van der Waals surface area (Å²) < 4.78 is 0. The van der Waals surface area contributed by atoms with Crippen LogP contribution in [0.3, 0.4) is 0 Å². The first-order chi connectivity index (χ1) is 8.02. The maximum atomic E-state index is 11.6. The summed E-state index contributed by atoms with van der Waals surface area (Å²) in [4.78, 5) is 24.5. The molecule has 0 spiro atoms. The summed E-state index contributed by atoms with van der Waals surface area (Å²) in [7, 11) is 1.88. The van der Waals surface area contributed by atoms with Crippen LogP contribution < -0.4 is 5.32 Å². The highest BCUT2D eigenvalue weighted by Crippen LogP contribution is 2.17. The molecule has 2 saturated heterocycles. The average Bonchev–Trinajstić information content (AvgIpc) is 2.60. The lowest BCUT2D eigenvalue weighted by molar-refractivity contribution is -0.134. The first-order valence-electron chi connectivity index (χ1n) is 5.94. The average molecular weight is 243 g/mol. The molecule has 2 aliphatic rings. The minimum Gasteiger partial charge on any atom is -0.481 e.